The summed E-state index contributed by atoms with van der Waals surface area (Å²) in [5, 5.41) is 16.8. The molecule has 274 valence electrons. The van der Waals surface area contributed by atoms with Crippen LogP contribution in [0, 0.1) is 17.2 Å². The molecule has 13 heteroatoms. The number of nitrogen functional groups attached to an aromatic ring is 1. The third-order valence-electron chi connectivity index (χ3n) is 9.82. The molecule has 2 aromatic rings. The van der Waals surface area contributed by atoms with Gasteiger partial charge in [-0.3, -0.25) is 19.8 Å². The number of benzene rings is 2. The van der Waals surface area contributed by atoms with Crippen molar-refractivity contribution in [2.24, 2.45) is 17.6 Å². The van der Waals surface area contributed by atoms with E-state index in [1.165, 1.54) is 0 Å². The van der Waals surface area contributed by atoms with Crippen LogP contribution in [-0.4, -0.2) is 75.1 Å². The number of carbonyl (C=O) groups excluding carboxylic acids is 3. The van der Waals surface area contributed by atoms with Crippen LogP contribution >= 0.6 is 0 Å². The number of nitrogens with zero attached hydrogens (tertiary/aromatic N) is 1. The number of sulfonamides is 1. The molecule has 50 heavy (non-hydrogen) atoms. The number of carbonyl (C=O) groups is 3. The van der Waals surface area contributed by atoms with Crippen molar-refractivity contribution in [3.8, 4) is 0 Å². The standard InChI is InChI=1S/C37H55N7O5S/c1-2-6-34(45)44-23-19-28(20-24-44)12-16-33(43-50(48,49)26-30-7-4-3-5-8-30)37(47)42-32(15-11-27-17-21-40-22-18-27)36(46)41-25-29-9-13-31(14-10-29)35(38)39/h3-5,7-10,13-14,27-28,32-33,40,43H,2,6,11-12,15-26H2,1H3,(H3,38,39)(H,41,46)(H,42,47). The molecule has 0 radical (unpaired) electrons. The highest BCUT2D eigenvalue weighted by atomic mass is 32.2. The van der Waals surface area contributed by atoms with Crippen molar-refractivity contribution in [1.29, 1.82) is 5.41 Å². The molecule has 2 saturated heterocycles. The first-order chi connectivity index (χ1) is 24.0. The van der Waals surface area contributed by atoms with E-state index in [1.807, 2.05) is 17.9 Å². The average molecular weight is 710 g/mol. The van der Waals surface area contributed by atoms with E-state index in [9.17, 15) is 22.8 Å². The van der Waals surface area contributed by atoms with Gasteiger partial charge >= 0.3 is 0 Å². The monoisotopic (exact) mass is 709 g/mol. The predicted octanol–water partition coefficient (Wildman–Crippen LogP) is 3.16. The Balaban J connectivity index is 1.45. The van der Waals surface area contributed by atoms with Crippen LogP contribution in [0.15, 0.2) is 54.6 Å². The van der Waals surface area contributed by atoms with Crippen LogP contribution in [0.2, 0.25) is 0 Å². The second-order valence-electron chi connectivity index (χ2n) is 13.7. The number of amides is 3. The quantitative estimate of drug-likeness (QED) is 0.101. The van der Waals surface area contributed by atoms with Gasteiger partial charge in [0.15, 0.2) is 0 Å². The van der Waals surface area contributed by atoms with E-state index in [1.54, 1.807) is 48.5 Å². The summed E-state index contributed by atoms with van der Waals surface area (Å²) in [6.07, 6.45) is 7.02. The number of likely N-dealkylation sites (tertiary alicyclic amines) is 1. The fourth-order valence-corrected chi connectivity index (χ4v) is 8.14. The number of hydrogen-bond donors (Lipinski definition) is 6. The van der Waals surface area contributed by atoms with Gasteiger partial charge in [-0.2, -0.15) is 0 Å². The largest absolute Gasteiger partial charge is 0.384 e. The topological polar surface area (TPSA) is 187 Å². The second kappa shape index (κ2) is 19.5. The number of nitrogens with one attached hydrogen (secondary N) is 5. The molecule has 2 aliphatic rings. The highest BCUT2D eigenvalue weighted by Crippen LogP contribution is 2.24. The van der Waals surface area contributed by atoms with Gasteiger partial charge in [-0.1, -0.05) is 61.5 Å². The van der Waals surface area contributed by atoms with Gasteiger partial charge in [-0.05, 0) is 93.8 Å². The van der Waals surface area contributed by atoms with Gasteiger partial charge in [0.2, 0.25) is 27.7 Å². The van der Waals surface area contributed by atoms with Crippen LogP contribution in [-0.2, 0) is 36.7 Å². The number of nitrogens with two attached hydrogens (primary N) is 1. The molecule has 0 spiro atoms. The van der Waals surface area contributed by atoms with E-state index in [-0.39, 0.29) is 42.3 Å². The molecular formula is C37H55N7O5S. The predicted molar refractivity (Wildman–Crippen MR) is 195 cm³/mol. The minimum atomic E-state index is -3.89. The van der Waals surface area contributed by atoms with Gasteiger partial charge in [-0.25, -0.2) is 13.1 Å². The van der Waals surface area contributed by atoms with Crippen LogP contribution in [0.5, 0.6) is 0 Å². The van der Waals surface area contributed by atoms with E-state index in [0.29, 0.717) is 49.4 Å². The van der Waals surface area contributed by atoms with Crippen LogP contribution in [0.1, 0.15) is 87.8 Å². The highest BCUT2D eigenvalue weighted by Gasteiger charge is 2.31. The van der Waals surface area contributed by atoms with E-state index in [4.69, 9.17) is 11.1 Å². The summed E-state index contributed by atoms with van der Waals surface area (Å²) in [7, 11) is -3.89. The molecule has 2 aromatic carbocycles. The first-order valence-corrected chi connectivity index (χ1v) is 19.7. The molecule has 2 fully saturated rings. The van der Waals surface area contributed by atoms with Crippen LogP contribution in [0.25, 0.3) is 0 Å². The second-order valence-corrected chi connectivity index (χ2v) is 15.5. The summed E-state index contributed by atoms with van der Waals surface area (Å²) in [5.74, 6) is -0.314. The number of hydrogen-bond acceptors (Lipinski definition) is 7. The molecule has 4 rings (SSSR count). The molecular weight excluding hydrogens is 655 g/mol. The fraction of sp³-hybridized carbons (Fsp3) is 0.568. The Morgan fingerprint density at radius 2 is 1.50 bits per heavy atom. The summed E-state index contributed by atoms with van der Waals surface area (Å²) in [6, 6.07) is 14.0. The zero-order chi connectivity index (χ0) is 35.9. The number of amidine groups is 1. The minimum Gasteiger partial charge on any atom is -0.384 e. The molecule has 3 amide bonds. The fourth-order valence-electron chi connectivity index (χ4n) is 6.77. The Kier molecular flexibility index (Phi) is 15.2. The van der Waals surface area contributed by atoms with Crippen LogP contribution < -0.4 is 26.4 Å². The maximum absolute atomic E-state index is 14.0. The molecule has 2 aliphatic heterocycles. The van der Waals surface area contributed by atoms with Gasteiger partial charge in [0.25, 0.3) is 0 Å². The van der Waals surface area contributed by atoms with E-state index < -0.39 is 28.0 Å². The lowest BCUT2D eigenvalue weighted by molar-refractivity contribution is -0.132. The molecule has 12 nitrogen and oxygen atoms in total. The molecule has 0 aliphatic carbocycles. The lowest BCUT2D eigenvalue weighted by Crippen LogP contribution is -2.54. The summed E-state index contributed by atoms with van der Waals surface area (Å²) in [4.78, 5) is 41.9. The van der Waals surface area contributed by atoms with E-state index >= 15 is 0 Å². The Bertz CT molecular complexity index is 1510. The van der Waals surface area contributed by atoms with E-state index in [0.717, 1.165) is 57.2 Å². The molecule has 0 aromatic heterocycles. The molecule has 7 N–H and O–H groups in total. The van der Waals surface area contributed by atoms with Gasteiger partial charge in [0, 0.05) is 31.6 Å². The lowest BCUT2D eigenvalue weighted by Gasteiger charge is -2.33. The van der Waals surface area contributed by atoms with Gasteiger partial charge in [0.05, 0.1) is 5.75 Å². The van der Waals surface area contributed by atoms with Gasteiger partial charge in [0.1, 0.15) is 17.9 Å². The SMILES string of the molecule is CCCC(=O)N1CCC(CCC(NS(=O)(=O)Cc2ccccc2)C(=O)NC(CCC2CCNCC2)C(=O)NCc2ccc(C(=N)N)cc2)CC1. The molecule has 0 saturated carbocycles. The van der Waals surface area contributed by atoms with Crippen molar-refractivity contribution < 1.29 is 22.8 Å². The Morgan fingerprint density at radius 3 is 2.12 bits per heavy atom. The highest BCUT2D eigenvalue weighted by molar-refractivity contribution is 7.88. The number of rotatable bonds is 18. The van der Waals surface area contributed by atoms with Crippen molar-refractivity contribution in [3.05, 3.63) is 71.3 Å². The maximum atomic E-state index is 14.0. The zero-order valence-electron chi connectivity index (χ0n) is 29.3. The van der Waals surface area contributed by atoms with Crippen molar-refractivity contribution in [2.45, 2.75) is 95.5 Å². The van der Waals surface area contributed by atoms with Crippen molar-refractivity contribution in [2.75, 3.05) is 26.2 Å². The van der Waals surface area contributed by atoms with Gasteiger partial charge < -0.3 is 26.6 Å². The maximum Gasteiger partial charge on any atom is 0.242 e. The third-order valence-corrected chi connectivity index (χ3v) is 11.2. The Hall–Kier alpha value is -3.81. The Labute approximate surface area is 297 Å². The van der Waals surface area contributed by atoms with E-state index in [2.05, 4.69) is 20.7 Å². The Morgan fingerprint density at radius 1 is 0.880 bits per heavy atom. The van der Waals surface area contributed by atoms with Crippen LogP contribution in [0.4, 0.5) is 0 Å². The first kappa shape index (κ1) is 39.0. The first-order valence-electron chi connectivity index (χ1n) is 18.1. The zero-order valence-corrected chi connectivity index (χ0v) is 30.1. The summed E-state index contributed by atoms with van der Waals surface area (Å²) < 4.78 is 29.4. The molecule has 2 unspecified atom stereocenters. The van der Waals surface area contributed by atoms with Crippen molar-refractivity contribution in [3.63, 3.8) is 0 Å². The van der Waals surface area contributed by atoms with Crippen molar-refractivity contribution >= 4 is 33.6 Å². The average Bonchev–Trinajstić information content (AvgIpc) is 3.11. The van der Waals surface area contributed by atoms with Crippen molar-refractivity contribution in [1.82, 2.24) is 25.6 Å². The molecule has 2 atom stereocenters. The number of piperidine rings is 2. The molecule has 2 heterocycles. The summed E-state index contributed by atoms with van der Waals surface area (Å²) in [5.41, 5.74) is 7.59. The smallest absolute Gasteiger partial charge is 0.242 e. The molecule has 0 bridgehead atoms. The lowest BCUT2D eigenvalue weighted by atomic mass is 9.90. The summed E-state index contributed by atoms with van der Waals surface area (Å²) >= 11 is 0. The minimum absolute atomic E-state index is 0.0391. The third kappa shape index (κ3) is 12.8. The van der Waals surface area contributed by atoms with Crippen LogP contribution in [0.3, 0.4) is 0 Å². The van der Waals surface area contributed by atoms with Gasteiger partial charge in [-0.15, -0.1) is 0 Å². The summed E-state index contributed by atoms with van der Waals surface area (Å²) in [6.45, 7) is 5.38. The normalized spacial score (nSPS) is 17.1.